The molecule has 7 nitrogen and oxygen atoms in total. The average molecular weight is 381 g/mol. The molecule has 2 aromatic rings. The third-order valence-corrected chi connectivity index (χ3v) is 3.66. The van der Waals surface area contributed by atoms with E-state index in [0.717, 1.165) is 9.71 Å². The van der Waals surface area contributed by atoms with E-state index in [1.807, 2.05) is 6.92 Å². The van der Waals surface area contributed by atoms with E-state index in [1.54, 1.807) is 47.6 Å². The summed E-state index contributed by atoms with van der Waals surface area (Å²) in [6, 6.07) is 3.12. The molecule has 0 saturated heterocycles. The Labute approximate surface area is 156 Å². The molecule has 2 rings (SSSR count). The van der Waals surface area contributed by atoms with E-state index in [0.29, 0.717) is 5.52 Å². The zero-order valence-electron chi connectivity index (χ0n) is 16.0. The Bertz CT molecular complexity index is 762. The summed E-state index contributed by atoms with van der Waals surface area (Å²) in [6.45, 7) is 12.2. The van der Waals surface area contributed by atoms with E-state index in [-0.39, 0.29) is 11.5 Å². The van der Waals surface area contributed by atoms with Gasteiger partial charge in [-0.1, -0.05) is 0 Å². The molecule has 0 N–H and O–H groups in total. The lowest BCUT2D eigenvalue weighted by Crippen LogP contribution is -2.27. The molecule has 0 bridgehead atoms. The Morgan fingerprint density at radius 3 is 1.81 bits per heavy atom. The van der Waals surface area contributed by atoms with Gasteiger partial charge >= 0.3 is 12.3 Å². The Morgan fingerprint density at radius 1 is 0.885 bits per heavy atom. The molecule has 0 amide bonds. The van der Waals surface area contributed by atoms with Crippen molar-refractivity contribution < 1.29 is 28.5 Å². The first-order chi connectivity index (χ1) is 11.8. The molecule has 1 heterocycles. The summed E-state index contributed by atoms with van der Waals surface area (Å²) < 4.78 is 21.6. The average Bonchev–Trinajstić information content (AvgIpc) is 2.73. The predicted molar refractivity (Wildman–Crippen MR) is 98.1 cm³/mol. The van der Waals surface area contributed by atoms with Crippen LogP contribution in [0.2, 0.25) is 0 Å². The molecule has 0 atom stereocenters. The van der Waals surface area contributed by atoms with Gasteiger partial charge < -0.3 is 18.9 Å². The molecule has 1 aromatic heterocycles. The summed E-state index contributed by atoms with van der Waals surface area (Å²) >= 11 is 1.43. The smallest absolute Gasteiger partial charge is 0.428 e. The van der Waals surface area contributed by atoms with Crippen LogP contribution in [0, 0.1) is 6.92 Å². The van der Waals surface area contributed by atoms with Gasteiger partial charge in [-0.15, -0.1) is 11.3 Å². The van der Waals surface area contributed by atoms with Gasteiger partial charge in [0.25, 0.3) is 0 Å². The van der Waals surface area contributed by atoms with Crippen LogP contribution < -0.4 is 9.47 Å². The van der Waals surface area contributed by atoms with Gasteiger partial charge in [0.15, 0.2) is 11.5 Å². The van der Waals surface area contributed by atoms with E-state index in [4.69, 9.17) is 18.9 Å². The van der Waals surface area contributed by atoms with Gasteiger partial charge in [0, 0.05) is 12.1 Å². The number of aryl methyl sites for hydroxylation is 1. The molecule has 0 aliphatic rings. The third-order valence-electron chi connectivity index (χ3n) is 2.73. The van der Waals surface area contributed by atoms with Crippen molar-refractivity contribution in [3.05, 3.63) is 17.1 Å². The van der Waals surface area contributed by atoms with Gasteiger partial charge in [-0.05, 0) is 48.5 Å². The lowest BCUT2D eigenvalue weighted by Gasteiger charge is -2.20. The van der Waals surface area contributed by atoms with Crippen molar-refractivity contribution in [1.82, 2.24) is 4.98 Å². The molecular formula is C18H23NO6S. The van der Waals surface area contributed by atoms with Gasteiger partial charge in [0.1, 0.15) is 11.2 Å². The van der Waals surface area contributed by atoms with Gasteiger partial charge in [0.05, 0.1) is 15.2 Å². The molecule has 0 aliphatic heterocycles. The first-order valence-electron chi connectivity index (χ1n) is 8.05. The highest BCUT2D eigenvalue weighted by molar-refractivity contribution is 7.18. The monoisotopic (exact) mass is 381 g/mol. The summed E-state index contributed by atoms with van der Waals surface area (Å²) in [6.07, 6.45) is -1.80. The normalized spacial score (nSPS) is 12.0. The molecule has 0 fully saturated rings. The van der Waals surface area contributed by atoms with E-state index >= 15 is 0 Å². The molecule has 0 saturated carbocycles. The second-order valence-corrected chi connectivity index (χ2v) is 8.87. The maximum Gasteiger partial charge on any atom is 0.514 e. The summed E-state index contributed by atoms with van der Waals surface area (Å²) in [4.78, 5) is 28.4. The van der Waals surface area contributed by atoms with Crippen LogP contribution in [0.15, 0.2) is 12.1 Å². The highest BCUT2D eigenvalue weighted by atomic mass is 32.1. The summed E-state index contributed by atoms with van der Waals surface area (Å²) in [5.41, 5.74) is -0.804. The van der Waals surface area contributed by atoms with E-state index in [1.165, 1.54) is 17.4 Å². The first-order valence-corrected chi connectivity index (χ1v) is 8.87. The number of nitrogens with zero attached hydrogens (tertiary/aromatic N) is 1. The number of hydrogen-bond donors (Lipinski definition) is 0. The number of ether oxygens (including phenoxy) is 4. The highest BCUT2D eigenvalue weighted by Gasteiger charge is 2.24. The van der Waals surface area contributed by atoms with E-state index < -0.39 is 23.5 Å². The van der Waals surface area contributed by atoms with Crippen molar-refractivity contribution in [3.8, 4) is 11.5 Å². The minimum Gasteiger partial charge on any atom is -0.428 e. The fourth-order valence-electron chi connectivity index (χ4n) is 1.93. The molecule has 8 heteroatoms. The maximum atomic E-state index is 12.0. The predicted octanol–water partition coefficient (Wildman–Crippen LogP) is 5.23. The summed E-state index contributed by atoms with van der Waals surface area (Å²) in [5, 5.41) is 0.831. The largest absolute Gasteiger partial charge is 0.514 e. The lowest BCUT2D eigenvalue weighted by atomic mass is 10.2. The maximum absolute atomic E-state index is 12.0. The van der Waals surface area contributed by atoms with Crippen molar-refractivity contribution in [2.24, 2.45) is 0 Å². The van der Waals surface area contributed by atoms with E-state index in [2.05, 4.69) is 4.98 Å². The van der Waals surface area contributed by atoms with Crippen LogP contribution in [-0.2, 0) is 9.47 Å². The van der Waals surface area contributed by atoms with Crippen LogP contribution in [0.25, 0.3) is 10.2 Å². The van der Waals surface area contributed by atoms with Crippen molar-refractivity contribution in [1.29, 1.82) is 0 Å². The van der Waals surface area contributed by atoms with Crippen LogP contribution in [-0.4, -0.2) is 28.5 Å². The Hall–Kier alpha value is -2.35. The van der Waals surface area contributed by atoms with Gasteiger partial charge in [-0.2, -0.15) is 0 Å². The van der Waals surface area contributed by atoms with Crippen molar-refractivity contribution >= 4 is 33.9 Å². The van der Waals surface area contributed by atoms with Crippen LogP contribution in [0.4, 0.5) is 9.59 Å². The Balaban J connectivity index is 2.32. The molecule has 1 aromatic carbocycles. The Morgan fingerprint density at radius 2 is 1.35 bits per heavy atom. The zero-order valence-corrected chi connectivity index (χ0v) is 16.8. The minimum absolute atomic E-state index is 0.0305. The SMILES string of the molecule is Cc1nc2cc(OC(=O)OC(C)(C)C)c(OC(=O)OC(C)(C)C)cc2s1. The minimum atomic E-state index is -0.905. The van der Waals surface area contributed by atoms with E-state index in [9.17, 15) is 9.59 Å². The Kier molecular flexibility index (Phi) is 5.46. The molecule has 0 radical (unpaired) electrons. The number of aromatic nitrogens is 1. The second kappa shape index (κ2) is 7.11. The molecular weight excluding hydrogens is 358 g/mol. The lowest BCUT2D eigenvalue weighted by molar-refractivity contribution is 0.0138. The number of carbonyl (C=O) groups is 2. The molecule has 0 spiro atoms. The second-order valence-electron chi connectivity index (χ2n) is 7.63. The van der Waals surface area contributed by atoms with Crippen LogP contribution in [0.3, 0.4) is 0 Å². The van der Waals surface area contributed by atoms with Crippen LogP contribution >= 0.6 is 11.3 Å². The van der Waals surface area contributed by atoms with Crippen molar-refractivity contribution in [2.75, 3.05) is 0 Å². The number of hydrogen-bond acceptors (Lipinski definition) is 8. The summed E-state index contributed by atoms with van der Waals surface area (Å²) in [5.74, 6) is 0.0872. The molecule has 0 unspecified atom stereocenters. The number of benzene rings is 1. The molecule has 26 heavy (non-hydrogen) atoms. The molecule has 0 aliphatic carbocycles. The van der Waals surface area contributed by atoms with Crippen LogP contribution in [0.5, 0.6) is 11.5 Å². The number of fused-ring (bicyclic) bond motifs is 1. The topological polar surface area (TPSA) is 84.0 Å². The number of rotatable bonds is 2. The number of thiazole rings is 1. The summed E-state index contributed by atoms with van der Waals surface area (Å²) in [7, 11) is 0. The number of carbonyl (C=O) groups excluding carboxylic acids is 2. The van der Waals surface area contributed by atoms with Gasteiger partial charge in [-0.3, -0.25) is 0 Å². The van der Waals surface area contributed by atoms with Crippen LogP contribution in [0.1, 0.15) is 46.6 Å². The fraction of sp³-hybridized carbons (Fsp3) is 0.500. The fourth-order valence-corrected chi connectivity index (χ4v) is 2.77. The first kappa shape index (κ1) is 20.0. The highest BCUT2D eigenvalue weighted by Crippen LogP contribution is 2.36. The standard InChI is InChI=1S/C18H23NO6S/c1-10-19-11-8-12(22-15(20)24-17(2,3)4)13(9-14(11)26-10)23-16(21)25-18(5,6)7/h8-9H,1-7H3. The third kappa shape index (κ3) is 5.87. The van der Waals surface area contributed by atoms with Crippen molar-refractivity contribution in [2.45, 2.75) is 59.7 Å². The van der Waals surface area contributed by atoms with Gasteiger partial charge in [-0.25, -0.2) is 14.6 Å². The van der Waals surface area contributed by atoms with Crippen molar-refractivity contribution in [3.63, 3.8) is 0 Å². The quantitative estimate of drug-likeness (QED) is 0.520. The zero-order chi connectivity index (χ0) is 19.7. The molecule has 142 valence electrons. The van der Waals surface area contributed by atoms with Gasteiger partial charge in [0.2, 0.25) is 0 Å².